The van der Waals surface area contributed by atoms with E-state index >= 15 is 0 Å². The SMILES string of the molecule is Fc1ncc(-c2c(F)c(F)c(F)c(F)c2F)cc1-c1c(F)c(F)c(F)c(F)c1F. The third-order valence-electron chi connectivity index (χ3n) is 3.82. The molecule has 0 unspecified atom stereocenters. The number of hydrogen-bond acceptors (Lipinski definition) is 1. The van der Waals surface area contributed by atoms with Gasteiger partial charge in [0.15, 0.2) is 46.5 Å². The van der Waals surface area contributed by atoms with Crippen LogP contribution >= 0.6 is 0 Å². The fourth-order valence-electron chi connectivity index (χ4n) is 2.46. The Balaban J connectivity index is 2.37. The minimum Gasteiger partial charge on any atom is -0.227 e. The lowest BCUT2D eigenvalue weighted by Gasteiger charge is -2.12. The zero-order chi connectivity index (χ0) is 21.8. The Kier molecular flexibility index (Phi) is 4.97. The molecule has 0 aliphatic rings. The molecular formula is C17H2F11N. The van der Waals surface area contributed by atoms with Crippen LogP contribution in [0, 0.1) is 64.1 Å². The first-order valence-electron chi connectivity index (χ1n) is 7.18. The largest absolute Gasteiger partial charge is 0.227 e. The lowest BCUT2D eigenvalue weighted by atomic mass is 9.99. The Bertz CT molecular complexity index is 1120. The molecule has 0 radical (unpaired) electrons. The highest BCUT2D eigenvalue weighted by atomic mass is 19.2. The van der Waals surface area contributed by atoms with E-state index in [1.807, 2.05) is 0 Å². The van der Waals surface area contributed by atoms with E-state index in [4.69, 9.17) is 0 Å². The number of rotatable bonds is 2. The van der Waals surface area contributed by atoms with E-state index in [1.165, 1.54) is 0 Å². The van der Waals surface area contributed by atoms with E-state index in [9.17, 15) is 48.3 Å². The van der Waals surface area contributed by atoms with Gasteiger partial charge in [0.05, 0.1) is 11.1 Å². The molecule has 0 bridgehead atoms. The third-order valence-corrected chi connectivity index (χ3v) is 3.82. The van der Waals surface area contributed by atoms with Crippen LogP contribution in [0.1, 0.15) is 0 Å². The van der Waals surface area contributed by atoms with Gasteiger partial charge in [0, 0.05) is 17.3 Å². The van der Waals surface area contributed by atoms with E-state index in [2.05, 4.69) is 4.98 Å². The van der Waals surface area contributed by atoms with Crippen LogP contribution in [-0.2, 0) is 0 Å². The second-order valence-corrected chi connectivity index (χ2v) is 5.45. The second kappa shape index (κ2) is 7.01. The van der Waals surface area contributed by atoms with Crippen LogP contribution < -0.4 is 0 Å². The summed E-state index contributed by atoms with van der Waals surface area (Å²) in [6, 6.07) is 0.124. The Hall–Kier alpha value is -3.18. The van der Waals surface area contributed by atoms with Crippen molar-refractivity contribution < 1.29 is 48.3 Å². The van der Waals surface area contributed by atoms with Gasteiger partial charge < -0.3 is 0 Å². The van der Waals surface area contributed by atoms with Crippen LogP contribution in [0.2, 0.25) is 0 Å². The highest BCUT2D eigenvalue weighted by Crippen LogP contribution is 2.37. The predicted octanol–water partition coefficient (Wildman–Crippen LogP) is 5.95. The number of aromatic nitrogens is 1. The minimum absolute atomic E-state index is 0.124. The van der Waals surface area contributed by atoms with Crippen LogP contribution in [0.15, 0.2) is 12.3 Å². The standard InChI is InChI=1S/C17H2F11N/c18-7-5(8(19)12(23)15(26)11(7)22)3-1-4(17(28)29-2-3)6-9(20)13(24)16(27)14(25)10(6)21/h1-2H. The molecule has 29 heavy (non-hydrogen) atoms. The molecule has 0 spiro atoms. The fraction of sp³-hybridized carbons (Fsp3) is 0. The molecule has 3 rings (SSSR count). The van der Waals surface area contributed by atoms with E-state index in [1.54, 1.807) is 0 Å². The summed E-state index contributed by atoms with van der Waals surface area (Å²) in [5.41, 5.74) is -6.06. The van der Waals surface area contributed by atoms with Gasteiger partial charge in [-0.2, -0.15) is 4.39 Å². The van der Waals surface area contributed by atoms with Gasteiger partial charge in [-0.15, -0.1) is 0 Å². The van der Waals surface area contributed by atoms with Crippen molar-refractivity contribution in [2.24, 2.45) is 0 Å². The van der Waals surface area contributed by atoms with E-state index in [-0.39, 0.29) is 12.3 Å². The predicted molar refractivity (Wildman–Crippen MR) is 74.6 cm³/mol. The first-order chi connectivity index (χ1) is 13.5. The van der Waals surface area contributed by atoms with Gasteiger partial charge in [0.1, 0.15) is 0 Å². The maximum absolute atomic E-state index is 13.9. The zero-order valence-electron chi connectivity index (χ0n) is 13.3. The van der Waals surface area contributed by atoms with Crippen LogP contribution in [0.4, 0.5) is 48.3 Å². The summed E-state index contributed by atoms with van der Waals surface area (Å²) in [4.78, 5) is 2.85. The van der Waals surface area contributed by atoms with E-state index < -0.39 is 86.4 Å². The molecule has 0 saturated heterocycles. The molecule has 0 N–H and O–H groups in total. The van der Waals surface area contributed by atoms with Crippen molar-refractivity contribution in [2.75, 3.05) is 0 Å². The van der Waals surface area contributed by atoms with Gasteiger partial charge in [0.25, 0.3) is 0 Å². The molecule has 2 aromatic carbocycles. The minimum atomic E-state index is -2.56. The van der Waals surface area contributed by atoms with Crippen LogP contribution in [-0.4, -0.2) is 4.98 Å². The Morgan fingerprint density at radius 3 is 1.21 bits per heavy atom. The van der Waals surface area contributed by atoms with Crippen LogP contribution in [0.5, 0.6) is 0 Å². The smallest absolute Gasteiger partial charge is 0.220 e. The second-order valence-electron chi connectivity index (χ2n) is 5.45. The molecule has 0 amide bonds. The summed E-state index contributed by atoms with van der Waals surface area (Å²) in [7, 11) is 0. The molecular weight excluding hydrogens is 427 g/mol. The molecule has 3 aromatic rings. The zero-order valence-corrected chi connectivity index (χ0v) is 13.3. The average Bonchev–Trinajstić information content (AvgIpc) is 2.70. The van der Waals surface area contributed by atoms with Crippen molar-refractivity contribution in [3.63, 3.8) is 0 Å². The molecule has 0 saturated carbocycles. The highest BCUT2D eigenvalue weighted by molar-refractivity contribution is 5.73. The number of halogens is 11. The molecule has 1 heterocycles. The molecule has 0 fully saturated rings. The van der Waals surface area contributed by atoms with E-state index in [0.29, 0.717) is 0 Å². The first kappa shape index (κ1) is 20.6. The van der Waals surface area contributed by atoms with Gasteiger partial charge in [-0.25, -0.2) is 48.9 Å². The van der Waals surface area contributed by atoms with Crippen molar-refractivity contribution in [3.05, 3.63) is 76.4 Å². The number of nitrogens with zero attached hydrogens (tertiary/aromatic N) is 1. The van der Waals surface area contributed by atoms with Gasteiger partial charge in [0.2, 0.25) is 17.6 Å². The topological polar surface area (TPSA) is 12.9 Å². The number of benzene rings is 2. The van der Waals surface area contributed by atoms with Crippen molar-refractivity contribution in [1.82, 2.24) is 4.98 Å². The Morgan fingerprint density at radius 1 is 0.448 bits per heavy atom. The lowest BCUT2D eigenvalue weighted by molar-refractivity contribution is 0.380. The number of pyridine rings is 1. The maximum Gasteiger partial charge on any atom is 0.220 e. The van der Waals surface area contributed by atoms with Crippen molar-refractivity contribution >= 4 is 0 Å². The average molecular weight is 429 g/mol. The Labute approximate surface area is 153 Å². The van der Waals surface area contributed by atoms with Crippen LogP contribution in [0.25, 0.3) is 22.3 Å². The molecule has 12 heteroatoms. The number of hydrogen-bond donors (Lipinski definition) is 0. The fourth-order valence-corrected chi connectivity index (χ4v) is 2.46. The molecule has 0 aliphatic carbocycles. The Morgan fingerprint density at radius 2 is 0.793 bits per heavy atom. The molecule has 0 atom stereocenters. The first-order valence-corrected chi connectivity index (χ1v) is 7.18. The summed E-state index contributed by atoms with van der Waals surface area (Å²) in [6.07, 6.45) is 0.239. The van der Waals surface area contributed by atoms with Crippen molar-refractivity contribution in [2.45, 2.75) is 0 Å². The van der Waals surface area contributed by atoms with Gasteiger partial charge in [-0.05, 0) is 6.07 Å². The van der Waals surface area contributed by atoms with Crippen LogP contribution in [0.3, 0.4) is 0 Å². The molecule has 152 valence electrons. The molecule has 1 aromatic heterocycles. The summed E-state index contributed by atoms with van der Waals surface area (Å²) in [5, 5.41) is 0. The van der Waals surface area contributed by atoms with Gasteiger partial charge >= 0.3 is 0 Å². The normalized spacial score (nSPS) is 11.3. The van der Waals surface area contributed by atoms with Crippen molar-refractivity contribution in [3.8, 4) is 22.3 Å². The maximum atomic E-state index is 13.9. The quantitative estimate of drug-likeness (QED) is 0.213. The molecule has 1 nitrogen and oxygen atoms in total. The third kappa shape index (κ3) is 2.98. The van der Waals surface area contributed by atoms with Gasteiger partial charge in [-0.1, -0.05) is 0 Å². The highest BCUT2D eigenvalue weighted by Gasteiger charge is 2.31. The summed E-state index contributed by atoms with van der Waals surface area (Å²) in [6.45, 7) is 0. The van der Waals surface area contributed by atoms with Gasteiger partial charge in [-0.3, -0.25) is 0 Å². The summed E-state index contributed by atoms with van der Waals surface area (Å²) in [5.74, 6) is -26.4. The lowest BCUT2D eigenvalue weighted by Crippen LogP contribution is -2.07. The molecule has 0 aliphatic heterocycles. The van der Waals surface area contributed by atoms with Crippen molar-refractivity contribution in [1.29, 1.82) is 0 Å². The summed E-state index contributed by atoms with van der Waals surface area (Å²) < 4.78 is 149. The van der Waals surface area contributed by atoms with E-state index in [0.717, 1.165) is 0 Å². The summed E-state index contributed by atoms with van der Waals surface area (Å²) >= 11 is 0. The monoisotopic (exact) mass is 429 g/mol.